The number of hydrogen-bond donors (Lipinski definition) is 0. The second kappa shape index (κ2) is 6.87. The quantitative estimate of drug-likeness (QED) is 0.871. The van der Waals surface area contributed by atoms with E-state index in [9.17, 15) is 9.59 Å². The molecule has 24 heavy (non-hydrogen) atoms. The summed E-state index contributed by atoms with van der Waals surface area (Å²) < 4.78 is 0. The van der Waals surface area contributed by atoms with Crippen molar-refractivity contribution in [1.82, 2.24) is 4.90 Å². The molecule has 4 nitrogen and oxygen atoms in total. The van der Waals surface area contributed by atoms with Gasteiger partial charge in [-0.15, -0.1) is 0 Å². The fraction of sp³-hybridized carbons (Fsp3) is 0.300. The lowest BCUT2D eigenvalue weighted by atomic mass is 10.1. The topological polar surface area (TPSA) is 40.6 Å². The Balaban J connectivity index is 1.83. The Kier molecular flexibility index (Phi) is 4.65. The summed E-state index contributed by atoms with van der Waals surface area (Å²) in [7, 11) is 0. The van der Waals surface area contributed by atoms with Crippen LogP contribution in [-0.2, 0) is 11.2 Å². The van der Waals surface area contributed by atoms with Crippen LogP contribution in [0.5, 0.6) is 0 Å². The highest BCUT2D eigenvalue weighted by atomic mass is 16.2. The third kappa shape index (κ3) is 2.92. The zero-order valence-corrected chi connectivity index (χ0v) is 14.1. The predicted molar refractivity (Wildman–Crippen MR) is 95.1 cm³/mol. The van der Waals surface area contributed by atoms with Crippen LogP contribution in [0.1, 0.15) is 29.8 Å². The van der Waals surface area contributed by atoms with Crippen LogP contribution in [0.2, 0.25) is 0 Å². The minimum Gasteiger partial charge on any atom is -0.325 e. The Hall–Kier alpha value is -2.62. The van der Waals surface area contributed by atoms with Crippen molar-refractivity contribution < 1.29 is 9.59 Å². The maximum absolute atomic E-state index is 12.9. The van der Waals surface area contributed by atoms with Crippen LogP contribution >= 0.6 is 0 Å². The van der Waals surface area contributed by atoms with Gasteiger partial charge in [0, 0.05) is 24.3 Å². The standard InChI is InChI=1S/C20H22N2O2/c1-3-16-9-7-8-12-18(16)22-14-13-21(15(2)19(22)23)20(24)17-10-5-4-6-11-17/h4-12,15H,3,13-14H2,1-2H3. The van der Waals surface area contributed by atoms with Gasteiger partial charge in [0.25, 0.3) is 5.91 Å². The number of amides is 2. The molecule has 2 aromatic rings. The smallest absolute Gasteiger partial charge is 0.254 e. The lowest BCUT2D eigenvalue weighted by Gasteiger charge is -2.39. The summed E-state index contributed by atoms with van der Waals surface area (Å²) in [6.45, 7) is 4.96. The fourth-order valence-electron chi connectivity index (χ4n) is 3.21. The molecule has 1 unspecified atom stereocenters. The number of benzene rings is 2. The maximum Gasteiger partial charge on any atom is 0.254 e. The zero-order valence-electron chi connectivity index (χ0n) is 14.1. The first-order valence-electron chi connectivity index (χ1n) is 8.38. The van der Waals surface area contributed by atoms with Crippen molar-refractivity contribution in [1.29, 1.82) is 0 Å². The van der Waals surface area contributed by atoms with Crippen molar-refractivity contribution in [2.75, 3.05) is 18.0 Å². The average Bonchev–Trinajstić information content (AvgIpc) is 2.64. The number of aryl methyl sites for hydroxylation is 1. The lowest BCUT2D eigenvalue weighted by Crippen LogP contribution is -2.58. The molecule has 0 N–H and O–H groups in total. The summed E-state index contributed by atoms with van der Waals surface area (Å²) in [6.07, 6.45) is 0.876. The largest absolute Gasteiger partial charge is 0.325 e. The molecule has 2 aromatic carbocycles. The summed E-state index contributed by atoms with van der Waals surface area (Å²) in [5.41, 5.74) is 2.74. The summed E-state index contributed by atoms with van der Waals surface area (Å²) in [6, 6.07) is 16.7. The summed E-state index contributed by atoms with van der Waals surface area (Å²) >= 11 is 0. The highest BCUT2D eigenvalue weighted by Gasteiger charge is 2.35. The average molecular weight is 322 g/mol. The van der Waals surface area contributed by atoms with E-state index < -0.39 is 6.04 Å². The Morgan fingerprint density at radius 3 is 2.42 bits per heavy atom. The number of piperazine rings is 1. The molecule has 0 saturated carbocycles. The predicted octanol–water partition coefficient (Wildman–Crippen LogP) is 3.13. The SMILES string of the molecule is CCc1ccccc1N1CCN(C(=O)c2ccccc2)C(C)C1=O. The van der Waals surface area contributed by atoms with E-state index in [1.165, 1.54) is 0 Å². The molecule has 0 radical (unpaired) electrons. The number of hydrogen-bond acceptors (Lipinski definition) is 2. The molecule has 124 valence electrons. The Morgan fingerprint density at radius 1 is 1.04 bits per heavy atom. The van der Waals surface area contributed by atoms with Gasteiger partial charge < -0.3 is 9.80 Å². The van der Waals surface area contributed by atoms with Gasteiger partial charge in [0.15, 0.2) is 0 Å². The molecule has 0 spiro atoms. The van der Waals surface area contributed by atoms with Crippen molar-refractivity contribution in [3.8, 4) is 0 Å². The monoisotopic (exact) mass is 322 g/mol. The minimum absolute atomic E-state index is 0.0218. The van der Waals surface area contributed by atoms with Crippen LogP contribution in [0.15, 0.2) is 54.6 Å². The van der Waals surface area contributed by atoms with Crippen molar-refractivity contribution in [2.45, 2.75) is 26.3 Å². The highest BCUT2D eigenvalue weighted by Crippen LogP contribution is 2.25. The molecule has 1 heterocycles. The number of carbonyl (C=O) groups excluding carboxylic acids is 2. The number of rotatable bonds is 3. The molecule has 0 aromatic heterocycles. The third-order valence-electron chi connectivity index (χ3n) is 4.60. The van der Waals surface area contributed by atoms with E-state index >= 15 is 0 Å². The molecular formula is C20H22N2O2. The molecule has 0 bridgehead atoms. The summed E-state index contributed by atoms with van der Waals surface area (Å²) in [5, 5.41) is 0. The highest BCUT2D eigenvalue weighted by molar-refractivity contribution is 6.03. The van der Waals surface area contributed by atoms with Gasteiger partial charge in [-0.05, 0) is 37.1 Å². The molecule has 0 aliphatic carbocycles. The first-order valence-corrected chi connectivity index (χ1v) is 8.38. The van der Waals surface area contributed by atoms with Crippen LogP contribution in [0.25, 0.3) is 0 Å². The Morgan fingerprint density at radius 2 is 1.71 bits per heavy atom. The first-order chi connectivity index (χ1) is 11.6. The van der Waals surface area contributed by atoms with Gasteiger partial charge in [0.2, 0.25) is 5.91 Å². The van der Waals surface area contributed by atoms with Gasteiger partial charge in [0.1, 0.15) is 6.04 Å². The van der Waals surface area contributed by atoms with Crippen LogP contribution in [-0.4, -0.2) is 35.8 Å². The van der Waals surface area contributed by atoms with Crippen molar-refractivity contribution >= 4 is 17.5 Å². The van der Waals surface area contributed by atoms with Crippen LogP contribution in [0.4, 0.5) is 5.69 Å². The minimum atomic E-state index is -0.462. The lowest BCUT2D eigenvalue weighted by molar-refractivity contribution is -0.124. The third-order valence-corrected chi connectivity index (χ3v) is 4.60. The number of para-hydroxylation sites is 1. The summed E-state index contributed by atoms with van der Waals surface area (Å²) in [4.78, 5) is 29.0. The maximum atomic E-state index is 12.9. The summed E-state index contributed by atoms with van der Waals surface area (Å²) in [5.74, 6) is -0.105. The van der Waals surface area contributed by atoms with E-state index in [0.717, 1.165) is 17.7 Å². The molecule has 4 heteroatoms. The molecule has 1 saturated heterocycles. The van der Waals surface area contributed by atoms with E-state index in [0.29, 0.717) is 18.7 Å². The van der Waals surface area contributed by atoms with Gasteiger partial charge in [-0.3, -0.25) is 9.59 Å². The van der Waals surface area contributed by atoms with E-state index in [-0.39, 0.29) is 11.8 Å². The van der Waals surface area contributed by atoms with E-state index in [4.69, 9.17) is 0 Å². The van der Waals surface area contributed by atoms with Gasteiger partial charge in [0.05, 0.1) is 0 Å². The van der Waals surface area contributed by atoms with Crippen LogP contribution in [0, 0.1) is 0 Å². The van der Waals surface area contributed by atoms with E-state index in [1.807, 2.05) is 48.2 Å². The number of carbonyl (C=O) groups is 2. The van der Waals surface area contributed by atoms with Crippen molar-refractivity contribution in [3.05, 3.63) is 65.7 Å². The van der Waals surface area contributed by atoms with Gasteiger partial charge in [-0.1, -0.05) is 43.3 Å². The van der Waals surface area contributed by atoms with Gasteiger partial charge in [-0.2, -0.15) is 0 Å². The fourth-order valence-corrected chi connectivity index (χ4v) is 3.21. The van der Waals surface area contributed by atoms with Crippen LogP contribution in [0.3, 0.4) is 0 Å². The molecule has 1 aliphatic heterocycles. The Labute approximate surface area is 142 Å². The van der Waals surface area contributed by atoms with E-state index in [2.05, 4.69) is 13.0 Å². The molecule has 1 aliphatic rings. The molecule has 2 amide bonds. The normalized spacial score (nSPS) is 17.9. The Bertz CT molecular complexity index is 742. The van der Waals surface area contributed by atoms with E-state index in [1.54, 1.807) is 17.0 Å². The number of nitrogens with zero attached hydrogens (tertiary/aromatic N) is 2. The molecule has 1 fully saturated rings. The van der Waals surface area contributed by atoms with Crippen molar-refractivity contribution in [2.24, 2.45) is 0 Å². The number of anilines is 1. The second-order valence-corrected chi connectivity index (χ2v) is 6.01. The molecule has 3 rings (SSSR count). The molecular weight excluding hydrogens is 300 g/mol. The molecule has 1 atom stereocenters. The van der Waals surface area contributed by atoms with Gasteiger partial charge >= 0.3 is 0 Å². The van der Waals surface area contributed by atoms with Gasteiger partial charge in [-0.25, -0.2) is 0 Å². The van der Waals surface area contributed by atoms with Crippen LogP contribution < -0.4 is 4.90 Å². The first kappa shape index (κ1) is 16.2. The van der Waals surface area contributed by atoms with Crippen molar-refractivity contribution in [3.63, 3.8) is 0 Å². The second-order valence-electron chi connectivity index (χ2n) is 6.01. The zero-order chi connectivity index (χ0) is 17.1.